The molecule has 20 heavy (non-hydrogen) atoms. The molecule has 0 atom stereocenters. The number of hydrogen-bond donors (Lipinski definition) is 1. The summed E-state index contributed by atoms with van der Waals surface area (Å²) in [5.74, 6) is 6.78. The molecular weight excluding hydrogens is 268 g/mol. The molecule has 0 aliphatic carbocycles. The third-order valence-electron chi connectivity index (χ3n) is 2.81. The van der Waals surface area contributed by atoms with Crippen LogP contribution < -0.4 is 10.9 Å². The second kappa shape index (κ2) is 10.3. The van der Waals surface area contributed by atoms with E-state index in [9.17, 15) is 0 Å². The molecule has 0 spiro atoms. The zero-order valence-corrected chi connectivity index (χ0v) is 12.8. The highest BCUT2D eigenvalue weighted by atomic mass is 35.5. The van der Waals surface area contributed by atoms with Crippen LogP contribution in [0.5, 0.6) is 0 Å². The Morgan fingerprint density at radius 2 is 1.30 bits per heavy atom. The van der Waals surface area contributed by atoms with E-state index < -0.39 is 0 Å². The molecule has 3 heteroatoms. The van der Waals surface area contributed by atoms with Gasteiger partial charge < -0.3 is 0 Å². The standard InChI is InChI=1S/C12H12N2.C5H11Cl/c13-14(11-7-3-1-4-8-11)12-9-5-2-6-10-12;1-2-3-4-5-6/h1-10H,13H2;2-5H2,1H3. The summed E-state index contributed by atoms with van der Waals surface area (Å²) in [7, 11) is 0. The van der Waals surface area contributed by atoms with Gasteiger partial charge in [0.1, 0.15) is 0 Å². The lowest BCUT2D eigenvalue weighted by atomic mass is 10.2. The number of benzene rings is 2. The van der Waals surface area contributed by atoms with Crippen molar-refractivity contribution in [2.45, 2.75) is 26.2 Å². The van der Waals surface area contributed by atoms with Crippen molar-refractivity contribution < 1.29 is 0 Å². The van der Waals surface area contributed by atoms with E-state index >= 15 is 0 Å². The number of alkyl halides is 1. The second-order valence-electron chi connectivity index (χ2n) is 4.44. The molecule has 2 aromatic rings. The molecule has 0 saturated carbocycles. The van der Waals surface area contributed by atoms with Crippen LogP contribution in [0.15, 0.2) is 60.7 Å². The lowest BCUT2D eigenvalue weighted by molar-refractivity contribution is 0.776. The van der Waals surface area contributed by atoms with Crippen LogP contribution >= 0.6 is 11.6 Å². The van der Waals surface area contributed by atoms with E-state index in [-0.39, 0.29) is 0 Å². The molecule has 2 aromatic carbocycles. The number of halogens is 1. The van der Waals surface area contributed by atoms with Crippen LogP contribution in [0.1, 0.15) is 26.2 Å². The number of nitrogens with two attached hydrogens (primary N) is 1. The van der Waals surface area contributed by atoms with Crippen LogP contribution in [0.2, 0.25) is 0 Å². The molecule has 0 heterocycles. The topological polar surface area (TPSA) is 29.3 Å². The van der Waals surface area contributed by atoms with Gasteiger partial charge in [0.2, 0.25) is 0 Å². The van der Waals surface area contributed by atoms with Gasteiger partial charge in [0, 0.05) is 5.88 Å². The fourth-order valence-electron chi connectivity index (χ4n) is 1.67. The Balaban J connectivity index is 0.000000286. The van der Waals surface area contributed by atoms with Crippen molar-refractivity contribution >= 4 is 23.0 Å². The molecule has 0 unspecified atom stereocenters. The molecule has 0 saturated heterocycles. The zero-order valence-electron chi connectivity index (χ0n) is 12.0. The van der Waals surface area contributed by atoms with Crippen molar-refractivity contribution in [2.75, 3.05) is 10.9 Å². The molecular formula is C17H23ClN2. The van der Waals surface area contributed by atoms with E-state index in [0.29, 0.717) is 0 Å². The minimum Gasteiger partial charge on any atom is -0.280 e. The maximum Gasteiger partial charge on any atom is 0.0575 e. The first kappa shape index (κ1) is 16.5. The normalized spacial score (nSPS) is 9.55. The third-order valence-corrected chi connectivity index (χ3v) is 3.07. The summed E-state index contributed by atoms with van der Waals surface area (Å²) in [6.45, 7) is 2.17. The number of hydrogen-bond acceptors (Lipinski definition) is 2. The van der Waals surface area contributed by atoms with Crippen molar-refractivity contribution in [3.8, 4) is 0 Å². The van der Waals surface area contributed by atoms with Crippen LogP contribution in [0.4, 0.5) is 11.4 Å². The van der Waals surface area contributed by atoms with Gasteiger partial charge in [0.05, 0.1) is 11.4 Å². The van der Waals surface area contributed by atoms with E-state index in [0.717, 1.165) is 17.3 Å². The predicted octanol–water partition coefficient (Wildman–Crippen LogP) is 5.11. The molecule has 0 aliphatic rings. The summed E-state index contributed by atoms with van der Waals surface area (Å²) in [6, 6.07) is 19.7. The highest BCUT2D eigenvalue weighted by molar-refractivity contribution is 6.17. The van der Waals surface area contributed by atoms with Crippen molar-refractivity contribution in [1.82, 2.24) is 0 Å². The Hall–Kier alpha value is -1.51. The lowest BCUT2D eigenvalue weighted by Gasteiger charge is -2.18. The average molecular weight is 291 g/mol. The van der Waals surface area contributed by atoms with Crippen molar-refractivity contribution in [3.63, 3.8) is 0 Å². The maximum atomic E-state index is 5.95. The summed E-state index contributed by atoms with van der Waals surface area (Å²) in [4.78, 5) is 0. The molecule has 0 bridgehead atoms. The van der Waals surface area contributed by atoms with Gasteiger partial charge in [-0.25, -0.2) is 5.84 Å². The largest absolute Gasteiger partial charge is 0.280 e. The summed E-state index contributed by atoms with van der Waals surface area (Å²) in [5.41, 5.74) is 1.97. The van der Waals surface area contributed by atoms with E-state index in [1.807, 2.05) is 60.7 Å². The van der Waals surface area contributed by atoms with Crippen molar-refractivity contribution in [2.24, 2.45) is 5.84 Å². The Bertz CT molecular complexity index is 402. The Morgan fingerprint density at radius 1 is 0.850 bits per heavy atom. The lowest BCUT2D eigenvalue weighted by Crippen LogP contribution is -2.24. The number of unbranched alkanes of at least 4 members (excludes halogenated alkanes) is 2. The van der Waals surface area contributed by atoms with Gasteiger partial charge in [-0.1, -0.05) is 56.2 Å². The highest BCUT2D eigenvalue weighted by Crippen LogP contribution is 2.20. The number of anilines is 2. The van der Waals surface area contributed by atoms with E-state index in [1.165, 1.54) is 19.3 Å². The average Bonchev–Trinajstić information content (AvgIpc) is 2.54. The van der Waals surface area contributed by atoms with Crippen LogP contribution in [-0.4, -0.2) is 5.88 Å². The van der Waals surface area contributed by atoms with E-state index in [2.05, 4.69) is 6.92 Å². The number of hydrazine groups is 1. The van der Waals surface area contributed by atoms with Gasteiger partial charge in [-0.3, -0.25) is 5.01 Å². The molecule has 2 nitrogen and oxygen atoms in total. The summed E-state index contributed by atoms with van der Waals surface area (Å²) in [5, 5.41) is 1.67. The van der Waals surface area contributed by atoms with Crippen LogP contribution in [-0.2, 0) is 0 Å². The fraction of sp³-hybridized carbons (Fsp3) is 0.294. The van der Waals surface area contributed by atoms with Gasteiger partial charge in [0.25, 0.3) is 0 Å². The second-order valence-corrected chi connectivity index (χ2v) is 4.82. The third kappa shape index (κ3) is 6.09. The number of rotatable bonds is 5. The first-order valence-corrected chi connectivity index (χ1v) is 7.54. The Kier molecular flexibility index (Phi) is 8.52. The first-order valence-electron chi connectivity index (χ1n) is 7.00. The molecule has 0 fully saturated rings. The van der Waals surface area contributed by atoms with Crippen LogP contribution in [0.25, 0.3) is 0 Å². The van der Waals surface area contributed by atoms with Crippen LogP contribution in [0, 0.1) is 0 Å². The van der Waals surface area contributed by atoms with Gasteiger partial charge >= 0.3 is 0 Å². The predicted molar refractivity (Wildman–Crippen MR) is 89.5 cm³/mol. The quantitative estimate of drug-likeness (QED) is 0.359. The molecule has 0 aliphatic heterocycles. The fourth-order valence-corrected chi connectivity index (χ4v) is 1.86. The molecule has 108 valence electrons. The Labute approximate surface area is 127 Å². The van der Waals surface area contributed by atoms with Gasteiger partial charge in [0.15, 0.2) is 0 Å². The molecule has 0 amide bonds. The minimum absolute atomic E-state index is 0.827. The van der Waals surface area contributed by atoms with Crippen molar-refractivity contribution in [3.05, 3.63) is 60.7 Å². The first-order chi connectivity index (χ1) is 9.79. The molecule has 0 aromatic heterocycles. The van der Waals surface area contributed by atoms with E-state index in [4.69, 9.17) is 17.4 Å². The zero-order chi connectivity index (χ0) is 14.6. The smallest absolute Gasteiger partial charge is 0.0575 e. The van der Waals surface area contributed by atoms with Crippen molar-refractivity contribution in [1.29, 1.82) is 0 Å². The Morgan fingerprint density at radius 3 is 1.60 bits per heavy atom. The van der Waals surface area contributed by atoms with E-state index in [1.54, 1.807) is 5.01 Å². The van der Waals surface area contributed by atoms with Gasteiger partial charge in [-0.05, 0) is 30.7 Å². The molecule has 2 rings (SSSR count). The molecule has 2 N–H and O–H groups in total. The maximum absolute atomic E-state index is 5.95. The van der Waals surface area contributed by atoms with Crippen LogP contribution in [0.3, 0.4) is 0 Å². The van der Waals surface area contributed by atoms with Gasteiger partial charge in [-0.15, -0.1) is 11.6 Å². The minimum atomic E-state index is 0.827. The van der Waals surface area contributed by atoms with Gasteiger partial charge in [-0.2, -0.15) is 0 Å². The summed E-state index contributed by atoms with van der Waals surface area (Å²) < 4.78 is 0. The monoisotopic (exact) mass is 290 g/mol. The summed E-state index contributed by atoms with van der Waals surface area (Å²) in [6.07, 6.45) is 3.73. The highest BCUT2D eigenvalue weighted by Gasteiger charge is 2.01. The summed E-state index contributed by atoms with van der Waals surface area (Å²) >= 11 is 5.38. The number of nitrogens with zero attached hydrogens (tertiary/aromatic N) is 1. The molecule has 0 radical (unpaired) electrons. The SMILES string of the molecule is CCCCCCl.NN(c1ccccc1)c1ccccc1. The number of para-hydroxylation sites is 2.